The minimum absolute atomic E-state index is 0.346. The van der Waals surface area contributed by atoms with Gasteiger partial charge in [-0.15, -0.1) is 0 Å². The summed E-state index contributed by atoms with van der Waals surface area (Å²) in [5.74, 6) is 0.968. The van der Waals surface area contributed by atoms with E-state index in [9.17, 15) is 9.90 Å². The molecule has 0 unspecified atom stereocenters. The molecule has 2 saturated heterocycles. The third-order valence-corrected chi connectivity index (χ3v) is 5.67. The van der Waals surface area contributed by atoms with Crippen LogP contribution in [-0.4, -0.2) is 53.5 Å². The van der Waals surface area contributed by atoms with Crippen LogP contribution in [0.2, 0.25) is 0 Å². The van der Waals surface area contributed by atoms with Crippen molar-refractivity contribution in [3.8, 4) is 0 Å². The fraction of sp³-hybridized carbons (Fsp3) is 0.667. The van der Waals surface area contributed by atoms with E-state index in [2.05, 4.69) is 41.8 Å². The van der Waals surface area contributed by atoms with Crippen molar-refractivity contribution in [3.05, 3.63) is 34.9 Å². The lowest BCUT2D eigenvalue weighted by Gasteiger charge is -2.36. The van der Waals surface area contributed by atoms with Crippen molar-refractivity contribution >= 4 is 5.91 Å². The number of hydrogen-bond acceptors (Lipinski definition) is 3. The summed E-state index contributed by atoms with van der Waals surface area (Å²) in [5, 5.41) is 10.6. The quantitative estimate of drug-likeness (QED) is 0.893. The molecule has 2 fully saturated rings. The van der Waals surface area contributed by atoms with Crippen molar-refractivity contribution in [3.63, 3.8) is 0 Å². The van der Waals surface area contributed by atoms with E-state index in [0.717, 1.165) is 63.8 Å². The van der Waals surface area contributed by atoms with Crippen molar-refractivity contribution in [2.45, 2.75) is 52.1 Å². The zero-order chi connectivity index (χ0) is 17.8. The normalized spacial score (nSPS) is 21.6. The number of hydrogen-bond donors (Lipinski definition) is 1. The van der Waals surface area contributed by atoms with E-state index in [1.165, 1.54) is 11.1 Å². The maximum absolute atomic E-state index is 12.0. The highest BCUT2D eigenvalue weighted by molar-refractivity contribution is 5.76. The first-order chi connectivity index (χ1) is 12.0. The van der Waals surface area contributed by atoms with Crippen LogP contribution in [-0.2, 0) is 4.79 Å². The average molecular weight is 344 g/mol. The van der Waals surface area contributed by atoms with Gasteiger partial charge in [0.1, 0.15) is 0 Å². The van der Waals surface area contributed by atoms with Gasteiger partial charge in [-0.2, -0.15) is 0 Å². The molecular formula is C21H32N2O2. The molecule has 2 heterocycles. The fourth-order valence-corrected chi connectivity index (χ4v) is 4.27. The Hall–Kier alpha value is -1.39. The first-order valence-electron chi connectivity index (χ1n) is 9.77. The van der Waals surface area contributed by atoms with Gasteiger partial charge in [-0.25, -0.2) is 0 Å². The van der Waals surface area contributed by atoms with Crippen LogP contribution in [0.15, 0.2) is 18.2 Å². The van der Waals surface area contributed by atoms with Crippen molar-refractivity contribution in [1.82, 2.24) is 9.80 Å². The van der Waals surface area contributed by atoms with E-state index in [0.29, 0.717) is 18.4 Å². The highest BCUT2D eigenvalue weighted by atomic mass is 16.3. The molecule has 0 saturated carbocycles. The molecule has 0 bridgehead atoms. The summed E-state index contributed by atoms with van der Waals surface area (Å²) in [6.45, 7) is 8.80. The Labute approximate surface area is 151 Å². The lowest BCUT2D eigenvalue weighted by atomic mass is 9.94. The summed E-state index contributed by atoms with van der Waals surface area (Å²) >= 11 is 0. The third-order valence-electron chi connectivity index (χ3n) is 5.67. The molecule has 0 aliphatic carbocycles. The van der Waals surface area contributed by atoms with E-state index in [1.807, 2.05) is 0 Å². The average Bonchev–Trinajstić information content (AvgIpc) is 2.58. The molecule has 4 heteroatoms. The van der Waals surface area contributed by atoms with E-state index in [-0.39, 0.29) is 0 Å². The highest BCUT2D eigenvalue weighted by Crippen LogP contribution is 2.24. The Kier molecular flexibility index (Phi) is 6.13. The van der Waals surface area contributed by atoms with Crippen molar-refractivity contribution in [2.75, 3.05) is 32.7 Å². The second-order valence-corrected chi connectivity index (χ2v) is 7.98. The number of carbonyl (C=O) groups excluding carboxylic acids is 1. The second-order valence-electron chi connectivity index (χ2n) is 7.98. The first kappa shape index (κ1) is 18.4. The van der Waals surface area contributed by atoms with Crippen LogP contribution in [0.25, 0.3) is 0 Å². The van der Waals surface area contributed by atoms with Gasteiger partial charge in [0.2, 0.25) is 5.91 Å². The molecule has 2 aliphatic rings. The number of β-amino-alcohol motifs (C(OH)–C–C–N with tert-alkyl or cyclic N) is 1. The predicted octanol–water partition coefficient (Wildman–Crippen LogP) is 3.06. The number of aryl methyl sites for hydroxylation is 2. The van der Waals surface area contributed by atoms with Gasteiger partial charge in [-0.3, -0.25) is 4.79 Å². The Morgan fingerprint density at radius 1 is 1.08 bits per heavy atom. The molecule has 0 spiro atoms. The molecule has 3 rings (SSSR count). The standard InChI is InChI=1S/C21H32N2O2/c1-16-11-17(2)13-19(12-16)20(24)15-22-9-6-18(7-10-22)14-23-8-4-3-5-21(23)25/h11-13,18,20,24H,3-10,14-15H2,1-2H3/t20-/m1/s1. The van der Waals surface area contributed by atoms with Gasteiger partial charge < -0.3 is 14.9 Å². The molecule has 1 atom stereocenters. The molecule has 0 aromatic heterocycles. The summed E-state index contributed by atoms with van der Waals surface area (Å²) < 4.78 is 0. The highest BCUT2D eigenvalue weighted by Gasteiger charge is 2.26. The van der Waals surface area contributed by atoms with Crippen molar-refractivity contribution in [1.29, 1.82) is 0 Å². The summed E-state index contributed by atoms with van der Waals surface area (Å²) in [6.07, 6.45) is 4.79. The minimum atomic E-state index is -0.418. The van der Waals surface area contributed by atoms with Gasteiger partial charge in [0, 0.05) is 26.1 Å². The number of nitrogens with zero attached hydrogens (tertiary/aromatic N) is 2. The summed E-state index contributed by atoms with van der Waals surface area (Å²) in [7, 11) is 0. The van der Waals surface area contributed by atoms with Crippen LogP contribution in [0.4, 0.5) is 0 Å². The van der Waals surface area contributed by atoms with E-state index in [4.69, 9.17) is 0 Å². The molecule has 25 heavy (non-hydrogen) atoms. The number of amides is 1. The lowest BCUT2D eigenvalue weighted by Crippen LogP contribution is -2.43. The Bertz CT molecular complexity index is 573. The molecule has 1 amide bonds. The van der Waals surface area contributed by atoms with Crippen molar-refractivity contribution in [2.24, 2.45) is 5.92 Å². The molecule has 1 aromatic carbocycles. The zero-order valence-electron chi connectivity index (χ0n) is 15.7. The monoisotopic (exact) mass is 344 g/mol. The van der Waals surface area contributed by atoms with Crippen LogP contribution in [0, 0.1) is 19.8 Å². The molecule has 0 radical (unpaired) electrons. The van der Waals surface area contributed by atoms with Crippen LogP contribution >= 0.6 is 0 Å². The third kappa shape index (κ3) is 5.05. The summed E-state index contributed by atoms with van der Waals surface area (Å²) in [5.41, 5.74) is 3.44. The molecule has 2 aliphatic heterocycles. The van der Waals surface area contributed by atoms with Crippen LogP contribution in [0.1, 0.15) is 54.9 Å². The van der Waals surface area contributed by atoms with E-state index >= 15 is 0 Å². The minimum Gasteiger partial charge on any atom is -0.387 e. The van der Waals surface area contributed by atoms with Crippen LogP contribution in [0.5, 0.6) is 0 Å². The number of likely N-dealkylation sites (tertiary alicyclic amines) is 2. The summed E-state index contributed by atoms with van der Waals surface area (Å²) in [6, 6.07) is 6.32. The maximum Gasteiger partial charge on any atom is 0.222 e. The molecule has 1 aromatic rings. The largest absolute Gasteiger partial charge is 0.387 e. The lowest BCUT2D eigenvalue weighted by molar-refractivity contribution is -0.134. The van der Waals surface area contributed by atoms with Crippen LogP contribution < -0.4 is 0 Å². The summed E-state index contributed by atoms with van der Waals surface area (Å²) in [4.78, 5) is 16.4. The number of aliphatic hydroxyl groups is 1. The predicted molar refractivity (Wildman–Crippen MR) is 100 cm³/mol. The zero-order valence-corrected chi connectivity index (χ0v) is 15.7. The van der Waals surface area contributed by atoms with Gasteiger partial charge in [0.05, 0.1) is 6.10 Å². The first-order valence-corrected chi connectivity index (χ1v) is 9.77. The van der Waals surface area contributed by atoms with Crippen molar-refractivity contribution < 1.29 is 9.90 Å². The van der Waals surface area contributed by atoms with Gasteiger partial charge >= 0.3 is 0 Å². The number of rotatable bonds is 5. The number of carbonyl (C=O) groups is 1. The molecule has 4 nitrogen and oxygen atoms in total. The van der Waals surface area contributed by atoms with E-state index in [1.54, 1.807) is 0 Å². The van der Waals surface area contributed by atoms with Crippen LogP contribution in [0.3, 0.4) is 0 Å². The molecule has 1 N–H and O–H groups in total. The topological polar surface area (TPSA) is 43.8 Å². The maximum atomic E-state index is 12.0. The smallest absolute Gasteiger partial charge is 0.222 e. The Morgan fingerprint density at radius 3 is 2.40 bits per heavy atom. The second kappa shape index (κ2) is 8.33. The molecular weight excluding hydrogens is 312 g/mol. The number of benzene rings is 1. The Morgan fingerprint density at radius 2 is 1.76 bits per heavy atom. The number of aliphatic hydroxyl groups excluding tert-OH is 1. The molecule has 138 valence electrons. The SMILES string of the molecule is Cc1cc(C)cc([C@H](O)CN2CCC(CN3CCCCC3=O)CC2)c1. The fourth-order valence-electron chi connectivity index (χ4n) is 4.27. The number of piperidine rings is 2. The van der Waals surface area contributed by atoms with E-state index < -0.39 is 6.10 Å². The Balaban J connectivity index is 1.46. The van der Waals surface area contributed by atoms with Gasteiger partial charge in [-0.05, 0) is 64.1 Å². The van der Waals surface area contributed by atoms with Gasteiger partial charge in [0.25, 0.3) is 0 Å². The van der Waals surface area contributed by atoms with Gasteiger partial charge in [-0.1, -0.05) is 29.3 Å². The van der Waals surface area contributed by atoms with Gasteiger partial charge in [0.15, 0.2) is 0 Å².